The number of carbonyl (C=O) groups excluding carboxylic acids is 1. The molecule has 0 aromatic heterocycles. The second kappa shape index (κ2) is 5.06. The fraction of sp³-hybridized carbons (Fsp3) is 0.700. The minimum absolute atomic E-state index is 0.111. The van der Waals surface area contributed by atoms with Gasteiger partial charge in [0, 0.05) is 0 Å². The van der Waals surface area contributed by atoms with Crippen LogP contribution in [0.2, 0.25) is 0 Å². The molecule has 0 unspecified atom stereocenters. The largest absolute Gasteiger partial charge is 0.341 e. The Kier molecular flexibility index (Phi) is 4.26. The van der Waals surface area contributed by atoms with E-state index in [2.05, 4.69) is 0 Å². The zero-order chi connectivity index (χ0) is 11.5. The molecule has 1 atom stereocenters. The van der Waals surface area contributed by atoms with Crippen LogP contribution in [0.3, 0.4) is 0 Å². The van der Waals surface area contributed by atoms with Gasteiger partial charge in [0.1, 0.15) is 5.66 Å². The van der Waals surface area contributed by atoms with Gasteiger partial charge in [0.05, 0.1) is 13.2 Å². The summed E-state index contributed by atoms with van der Waals surface area (Å²) in [6.07, 6.45) is 2.25. The Bertz CT molecular complexity index is 311. The molecule has 0 fully saturated rings. The molecule has 4 nitrogen and oxygen atoms in total. The van der Waals surface area contributed by atoms with Crippen LogP contribution in [0.15, 0.2) is 11.6 Å². The summed E-state index contributed by atoms with van der Waals surface area (Å²) in [5.74, 6) is -0.111. The Balaban J connectivity index is 2.83. The van der Waals surface area contributed by atoms with Gasteiger partial charge in [0.2, 0.25) is 0 Å². The molecular weight excluding hydrogens is 215 g/mol. The molecule has 0 amide bonds. The fourth-order valence-corrected chi connectivity index (χ4v) is 3.62. The highest BCUT2D eigenvalue weighted by molar-refractivity contribution is 7.55. The Morgan fingerprint density at radius 2 is 1.93 bits per heavy atom. The van der Waals surface area contributed by atoms with Crippen molar-refractivity contribution in [3.63, 3.8) is 0 Å². The number of carbonyl (C=O) groups is 1. The van der Waals surface area contributed by atoms with Gasteiger partial charge in [-0.05, 0) is 32.8 Å². The summed E-state index contributed by atoms with van der Waals surface area (Å²) in [6, 6.07) is 0. The molecule has 0 saturated heterocycles. The van der Waals surface area contributed by atoms with Crippen molar-refractivity contribution < 1.29 is 18.4 Å². The number of ketones is 1. The van der Waals surface area contributed by atoms with E-state index >= 15 is 0 Å². The highest BCUT2D eigenvalue weighted by atomic mass is 31.2. The van der Waals surface area contributed by atoms with Gasteiger partial charge >= 0.3 is 7.60 Å². The standard InChI is InChI=1S/C10H17O4P/c1-4-13-15(12,14-5-2)9-7-6-8(3)10(9)11/h6,9H,4-5,7H2,1-3H3/t9-/m0/s1. The quantitative estimate of drug-likeness (QED) is 0.683. The average Bonchev–Trinajstić information content (AvgIpc) is 2.49. The van der Waals surface area contributed by atoms with Crippen molar-refractivity contribution in [2.75, 3.05) is 13.2 Å². The first-order valence-corrected chi connectivity index (χ1v) is 6.76. The third-order valence-corrected chi connectivity index (χ3v) is 4.78. The molecule has 0 radical (unpaired) electrons. The number of Topliss-reactive ketones (excluding diaryl/α,β-unsaturated/α-hetero) is 1. The summed E-state index contributed by atoms with van der Waals surface area (Å²) in [7, 11) is -3.26. The van der Waals surface area contributed by atoms with Crippen molar-refractivity contribution in [3.05, 3.63) is 11.6 Å². The molecule has 0 aliphatic heterocycles. The molecule has 0 aromatic carbocycles. The van der Waals surface area contributed by atoms with E-state index in [0.717, 1.165) is 0 Å². The van der Waals surface area contributed by atoms with Crippen molar-refractivity contribution in [2.24, 2.45) is 0 Å². The van der Waals surface area contributed by atoms with Gasteiger partial charge in [-0.2, -0.15) is 0 Å². The van der Waals surface area contributed by atoms with E-state index in [0.29, 0.717) is 25.2 Å². The van der Waals surface area contributed by atoms with E-state index in [1.807, 2.05) is 0 Å². The molecule has 0 saturated carbocycles. The second-order valence-electron chi connectivity index (χ2n) is 3.38. The van der Waals surface area contributed by atoms with Crippen LogP contribution in [-0.4, -0.2) is 24.7 Å². The monoisotopic (exact) mass is 232 g/mol. The summed E-state index contributed by atoms with van der Waals surface area (Å²) >= 11 is 0. The summed E-state index contributed by atoms with van der Waals surface area (Å²) in [6.45, 7) is 5.79. The molecule has 5 heteroatoms. The maximum atomic E-state index is 12.3. The molecule has 0 aromatic rings. The zero-order valence-electron chi connectivity index (χ0n) is 9.36. The van der Waals surface area contributed by atoms with Crippen molar-refractivity contribution in [2.45, 2.75) is 32.9 Å². The van der Waals surface area contributed by atoms with E-state index in [9.17, 15) is 9.36 Å². The first-order chi connectivity index (χ1) is 7.05. The Morgan fingerprint density at radius 1 is 1.40 bits per heavy atom. The predicted molar refractivity (Wildman–Crippen MR) is 58.0 cm³/mol. The number of rotatable bonds is 5. The van der Waals surface area contributed by atoms with Gasteiger partial charge < -0.3 is 9.05 Å². The molecule has 0 bridgehead atoms. The van der Waals surface area contributed by atoms with Gasteiger partial charge in [-0.3, -0.25) is 9.36 Å². The molecule has 0 heterocycles. The fourth-order valence-electron chi connectivity index (χ4n) is 1.61. The lowest BCUT2D eigenvalue weighted by Crippen LogP contribution is -2.19. The molecular formula is C10H17O4P. The molecule has 0 spiro atoms. The first kappa shape index (κ1) is 12.6. The van der Waals surface area contributed by atoms with Gasteiger partial charge in [0.25, 0.3) is 0 Å². The van der Waals surface area contributed by atoms with Crippen LogP contribution in [0.5, 0.6) is 0 Å². The molecule has 0 N–H and O–H groups in total. The Morgan fingerprint density at radius 3 is 2.27 bits per heavy atom. The highest BCUT2D eigenvalue weighted by Gasteiger charge is 2.43. The number of hydrogen-bond donors (Lipinski definition) is 0. The van der Waals surface area contributed by atoms with Crippen LogP contribution in [0.25, 0.3) is 0 Å². The lowest BCUT2D eigenvalue weighted by molar-refractivity contribution is -0.114. The van der Waals surface area contributed by atoms with Crippen molar-refractivity contribution >= 4 is 13.4 Å². The van der Waals surface area contributed by atoms with Crippen LogP contribution >= 0.6 is 7.60 Å². The molecule has 1 rings (SSSR count). The first-order valence-electron chi connectivity index (χ1n) is 5.15. The molecule has 86 valence electrons. The molecule has 1 aliphatic rings. The SMILES string of the molecule is CCOP(=O)(OCC)[C@H]1CC=C(C)C1=O. The van der Waals surface area contributed by atoms with Crippen LogP contribution in [0, 0.1) is 0 Å². The van der Waals surface area contributed by atoms with Crippen LogP contribution < -0.4 is 0 Å². The summed E-state index contributed by atoms with van der Waals surface area (Å²) in [5, 5.41) is 0. The van der Waals surface area contributed by atoms with Crippen LogP contribution in [0.1, 0.15) is 27.2 Å². The number of allylic oxidation sites excluding steroid dienone is 2. The van der Waals surface area contributed by atoms with Gasteiger partial charge in [0.15, 0.2) is 5.78 Å². The van der Waals surface area contributed by atoms with E-state index in [4.69, 9.17) is 9.05 Å². The predicted octanol–water partition coefficient (Wildman–Crippen LogP) is 2.54. The van der Waals surface area contributed by atoms with Crippen molar-refractivity contribution in [1.82, 2.24) is 0 Å². The second-order valence-corrected chi connectivity index (χ2v) is 5.60. The maximum Gasteiger partial charge on any atom is 0.341 e. The lowest BCUT2D eigenvalue weighted by Gasteiger charge is -2.21. The maximum absolute atomic E-state index is 12.3. The topological polar surface area (TPSA) is 52.6 Å². The third kappa shape index (κ3) is 2.57. The molecule has 15 heavy (non-hydrogen) atoms. The third-order valence-electron chi connectivity index (χ3n) is 2.34. The van der Waals surface area contributed by atoms with E-state index in [1.165, 1.54) is 0 Å². The molecule has 1 aliphatic carbocycles. The normalized spacial score (nSPS) is 21.9. The van der Waals surface area contributed by atoms with Gasteiger partial charge in [-0.1, -0.05) is 6.08 Å². The van der Waals surface area contributed by atoms with E-state index in [1.54, 1.807) is 26.8 Å². The van der Waals surface area contributed by atoms with Crippen LogP contribution in [0.4, 0.5) is 0 Å². The Hall–Kier alpha value is -0.440. The summed E-state index contributed by atoms with van der Waals surface area (Å²) in [4.78, 5) is 11.7. The smallest absolute Gasteiger partial charge is 0.308 e. The highest BCUT2D eigenvalue weighted by Crippen LogP contribution is 2.56. The van der Waals surface area contributed by atoms with Gasteiger partial charge in [-0.25, -0.2) is 0 Å². The average molecular weight is 232 g/mol. The summed E-state index contributed by atoms with van der Waals surface area (Å²) < 4.78 is 22.6. The van der Waals surface area contributed by atoms with E-state index < -0.39 is 13.3 Å². The minimum atomic E-state index is -3.26. The van der Waals surface area contributed by atoms with Crippen molar-refractivity contribution in [3.8, 4) is 0 Å². The van der Waals surface area contributed by atoms with E-state index in [-0.39, 0.29) is 5.78 Å². The number of hydrogen-bond acceptors (Lipinski definition) is 4. The van der Waals surface area contributed by atoms with Gasteiger partial charge in [-0.15, -0.1) is 0 Å². The summed E-state index contributed by atoms with van der Waals surface area (Å²) in [5.41, 5.74) is 0.0250. The Labute approximate surface area is 90.2 Å². The lowest BCUT2D eigenvalue weighted by atomic mass is 10.2. The van der Waals surface area contributed by atoms with Crippen LogP contribution in [-0.2, 0) is 18.4 Å². The van der Waals surface area contributed by atoms with Crippen molar-refractivity contribution in [1.29, 1.82) is 0 Å². The minimum Gasteiger partial charge on any atom is -0.308 e. The zero-order valence-corrected chi connectivity index (χ0v) is 10.3.